The smallest absolute Gasteiger partial charge is 0.253 e. The maximum atomic E-state index is 12.5. The summed E-state index contributed by atoms with van der Waals surface area (Å²) in [7, 11) is 0. The van der Waals surface area contributed by atoms with Crippen LogP contribution in [0.25, 0.3) is 0 Å². The minimum Gasteiger partial charge on any atom is -0.376 e. The number of carbonyl (C=O) groups is 1. The molecule has 0 saturated carbocycles. The summed E-state index contributed by atoms with van der Waals surface area (Å²) in [5.74, 6) is -0.135. The van der Waals surface area contributed by atoms with E-state index in [2.05, 4.69) is 10.6 Å². The minimum absolute atomic E-state index is 0.0850. The van der Waals surface area contributed by atoms with E-state index in [9.17, 15) is 14.4 Å². The van der Waals surface area contributed by atoms with Gasteiger partial charge in [0.2, 0.25) is 0 Å². The molecule has 0 spiro atoms. The number of rotatable bonds is 7. The van der Waals surface area contributed by atoms with E-state index in [1.807, 2.05) is 54.3 Å². The molecule has 0 radical (unpaired) electrons. The van der Waals surface area contributed by atoms with E-state index in [0.29, 0.717) is 23.5 Å². The second-order valence-corrected chi connectivity index (χ2v) is 7.73. The molecule has 2 N–H and O–H groups in total. The first-order valence-electron chi connectivity index (χ1n) is 10.3. The molecule has 3 aromatic rings. The highest BCUT2D eigenvalue weighted by molar-refractivity contribution is 5.94. The van der Waals surface area contributed by atoms with Crippen molar-refractivity contribution in [3.05, 3.63) is 91.7 Å². The third kappa shape index (κ3) is 3.99. The van der Waals surface area contributed by atoms with Gasteiger partial charge in [-0.25, -0.2) is 0 Å². The molecule has 1 fully saturated rings. The molecule has 154 valence electrons. The van der Waals surface area contributed by atoms with E-state index in [0.717, 1.165) is 37.1 Å². The van der Waals surface area contributed by atoms with E-state index in [4.69, 9.17) is 0 Å². The Balaban J connectivity index is 1.36. The normalized spacial score (nSPS) is 14.6. The third-order valence-corrected chi connectivity index (χ3v) is 5.64. The summed E-state index contributed by atoms with van der Waals surface area (Å²) in [4.78, 5) is 38.4. The molecule has 1 heterocycles. The van der Waals surface area contributed by atoms with Gasteiger partial charge in [-0.2, -0.15) is 0 Å². The molecule has 0 unspecified atom stereocenters. The zero-order valence-corrected chi connectivity index (χ0v) is 17.0. The van der Waals surface area contributed by atoms with E-state index >= 15 is 0 Å². The Bertz CT molecular complexity index is 1090. The molecule has 1 atom stereocenters. The fraction of sp³-hybridized carbons (Fsp3) is 0.292. The van der Waals surface area contributed by atoms with E-state index in [1.54, 1.807) is 12.1 Å². The van der Waals surface area contributed by atoms with Crippen LogP contribution >= 0.6 is 0 Å². The van der Waals surface area contributed by atoms with Crippen molar-refractivity contribution in [2.24, 2.45) is 0 Å². The molecule has 1 aliphatic rings. The van der Waals surface area contributed by atoms with Gasteiger partial charge >= 0.3 is 0 Å². The number of hydrogen-bond donors (Lipinski definition) is 2. The van der Waals surface area contributed by atoms with Crippen LogP contribution in [0.15, 0.2) is 64.2 Å². The zero-order valence-electron chi connectivity index (χ0n) is 17.0. The first kappa shape index (κ1) is 19.9. The van der Waals surface area contributed by atoms with Crippen LogP contribution in [0.2, 0.25) is 0 Å². The molecule has 6 heteroatoms. The predicted molar refractivity (Wildman–Crippen MR) is 119 cm³/mol. The van der Waals surface area contributed by atoms with Crippen molar-refractivity contribution in [2.45, 2.75) is 32.4 Å². The summed E-state index contributed by atoms with van der Waals surface area (Å²) < 4.78 is 0. The number of anilines is 2. The number of nitrogens with one attached hydrogen (secondary N) is 2. The fourth-order valence-corrected chi connectivity index (χ4v) is 3.86. The van der Waals surface area contributed by atoms with Gasteiger partial charge < -0.3 is 15.5 Å². The second kappa shape index (κ2) is 8.53. The number of hydrogen-bond acceptors (Lipinski definition) is 5. The summed E-state index contributed by atoms with van der Waals surface area (Å²) in [6.07, 6.45) is 2.09. The van der Waals surface area contributed by atoms with Gasteiger partial charge in [0, 0.05) is 25.2 Å². The largest absolute Gasteiger partial charge is 0.376 e. The molecular weight excluding hydrogens is 378 g/mol. The van der Waals surface area contributed by atoms with Crippen molar-refractivity contribution in [1.82, 2.24) is 5.32 Å². The average Bonchev–Trinajstić information content (AvgIpc) is 3.30. The van der Waals surface area contributed by atoms with Crippen LogP contribution in [0.3, 0.4) is 0 Å². The molecular formula is C24H25N3O3. The maximum absolute atomic E-state index is 12.5. The van der Waals surface area contributed by atoms with Gasteiger partial charge in [-0.05, 0) is 43.0 Å². The Morgan fingerprint density at radius 2 is 1.63 bits per heavy atom. The lowest BCUT2D eigenvalue weighted by Gasteiger charge is -2.22. The lowest BCUT2D eigenvalue weighted by molar-refractivity contribution is 0.0940. The molecule has 30 heavy (non-hydrogen) atoms. The van der Waals surface area contributed by atoms with E-state index in [1.165, 1.54) is 0 Å². The lowest BCUT2D eigenvalue weighted by Crippen LogP contribution is -2.41. The fourth-order valence-electron chi connectivity index (χ4n) is 3.86. The maximum Gasteiger partial charge on any atom is 0.253 e. The van der Waals surface area contributed by atoms with Gasteiger partial charge in [0.15, 0.2) is 0 Å². The van der Waals surface area contributed by atoms with Crippen molar-refractivity contribution in [3.63, 3.8) is 0 Å². The molecule has 1 saturated heterocycles. The Labute approximate surface area is 175 Å². The molecule has 6 nitrogen and oxygen atoms in total. The molecule has 0 aromatic heterocycles. The number of carbonyl (C=O) groups excluding carboxylic acids is 1. The first-order chi connectivity index (χ1) is 14.5. The SMILES string of the molecule is C[C@@H](NC(=O)c1ccc(CNc2c(N3CCCC3)c(=O)c2=O)cc1)c1ccccc1. The van der Waals surface area contributed by atoms with Crippen LogP contribution in [-0.4, -0.2) is 19.0 Å². The lowest BCUT2D eigenvalue weighted by atomic mass is 10.1. The summed E-state index contributed by atoms with van der Waals surface area (Å²) >= 11 is 0. The molecule has 1 amide bonds. The van der Waals surface area contributed by atoms with E-state index < -0.39 is 5.43 Å². The monoisotopic (exact) mass is 403 g/mol. The van der Waals surface area contributed by atoms with Crippen molar-refractivity contribution in [2.75, 3.05) is 23.3 Å². The molecule has 0 aliphatic carbocycles. The predicted octanol–water partition coefficient (Wildman–Crippen LogP) is 2.99. The molecule has 3 aromatic carbocycles. The Kier molecular flexibility index (Phi) is 5.65. The topological polar surface area (TPSA) is 78.5 Å². The summed E-state index contributed by atoms with van der Waals surface area (Å²) in [5, 5.41) is 6.11. The number of nitrogens with zero attached hydrogens (tertiary/aromatic N) is 1. The van der Waals surface area contributed by atoms with Crippen LogP contribution in [0.1, 0.15) is 47.3 Å². The summed E-state index contributed by atoms with van der Waals surface area (Å²) in [6, 6.07) is 17.0. The van der Waals surface area contributed by atoms with Crippen molar-refractivity contribution >= 4 is 17.3 Å². The zero-order chi connectivity index (χ0) is 21.1. The van der Waals surface area contributed by atoms with Crippen LogP contribution in [0.4, 0.5) is 11.4 Å². The second-order valence-electron chi connectivity index (χ2n) is 7.73. The van der Waals surface area contributed by atoms with Crippen molar-refractivity contribution < 1.29 is 4.79 Å². The number of amides is 1. The molecule has 4 rings (SSSR count). The summed E-state index contributed by atoms with van der Waals surface area (Å²) in [6.45, 7) is 4.03. The van der Waals surface area contributed by atoms with Crippen molar-refractivity contribution in [1.29, 1.82) is 0 Å². The standard InChI is InChI=1S/C24H25N3O3/c1-16(18-7-3-2-4-8-18)26-24(30)19-11-9-17(10-12-19)15-25-20-21(23(29)22(20)28)27-13-5-6-14-27/h2-4,7-12,16,25H,5-6,13-15H2,1H3,(H,26,30)/t16-/m1/s1. The minimum atomic E-state index is -0.442. The van der Waals surface area contributed by atoms with Gasteiger partial charge in [-0.1, -0.05) is 42.5 Å². The van der Waals surface area contributed by atoms with Gasteiger partial charge in [0.05, 0.1) is 6.04 Å². The highest BCUT2D eigenvalue weighted by Crippen LogP contribution is 2.24. The van der Waals surface area contributed by atoms with Gasteiger partial charge in [0.1, 0.15) is 11.4 Å². The number of benzene rings is 2. The quantitative estimate of drug-likeness (QED) is 0.593. The molecule has 0 bridgehead atoms. The molecule has 1 aliphatic heterocycles. The van der Waals surface area contributed by atoms with Crippen LogP contribution in [-0.2, 0) is 6.54 Å². The van der Waals surface area contributed by atoms with Crippen LogP contribution < -0.4 is 26.4 Å². The Morgan fingerprint density at radius 1 is 0.967 bits per heavy atom. The third-order valence-electron chi connectivity index (χ3n) is 5.64. The highest BCUT2D eigenvalue weighted by atomic mass is 16.2. The Hall–Kier alpha value is -3.41. The van der Waals surface area contributed by atoms with Gasteiger partial charge in [0.25, 0.3) is 16.8 Å². The van der Waals surface area contributed by atoms with Gasteiger partial charge in [-0.3, -0.25) is 14.4 Å². The summed E-state index contributed by atoms with van der Waals surface area (Å²) in [5.41, 5.74) is 2.68. The van der Waals surface area contributed by atoms with Gasteiger partial charge in [-0.15, -0.1) is 0 Å². The first-order valence-corrected chi connectivity index (χ1v) is 10.3. The van der Waals surface area contributed by atoms with Crippen molar-refractivity contribution in [3.8, 4) is 0 Å². The average molecular weight is 403 g/mol. The van der Waals surface area contributed by atoms with Crippen LogP contribution in [0.5, 0.6) is 0 Å². The van der Waals surface area contributed by atoms with Crippen LogP contribution in [0, 0.1) is 0 Å². The van der Waals surface area contributed by atoms with E-state index in [-0.39, 0.29) is 17.4 Å². The highest BCUT2D eigenvalue weighted by Gasteiger charge is 2.27. The Morgan fingerprint density at radius 3 is 2.30 bits per heavy atom.